The summed E-state index contributed by atoms with van der Waals surface area (Å²) in [5, 5.41) is 9.45. The summed E-state index contributed by atoms with van der Waals surface area (Å²) in [7, 11) is 0. The number of hydrogen-bond donors (Lipinski definition) is 2. The number of benzene rings is 1. The van der Waals surface area contributed by atoms with E-state index < -0.39 is 11.8 Å². The van der Waals surface area contributed by atoms with Crippen molar-refractivity contribution >= 4 is 32.8 Å². The zero-order chi connectivity index (χ0) is 10.3. The SMILES string of the molecule is O=C(O)c1c(F)cc(Br)c2cc[nH]c12. The van der Waals surface area contributed by atoms with E-state index in [0.717, 1.165) is 6.07 Å². The number of aromatic amines is 1. The summed E-state index contributed by atoms with van der Waals surface area (Å²) in [6, 6.07) is 2.84. The molecule has 0 fully saturated rings. The highest BCUT2D eigenvalue weighted by atomic mass is 79.9. The number of nitrogens with one attached hydrogen (secondary N) is 1. The van der Waals surface area contributed by atoms with E-state index in [4.69, 9.17) is 5.11 Å². The largest absolute Gasteiger partial charge is 0.478 e. The van der Waals surface area contributed by atoms with E-state index in [2.05, 4.69) is 20.9 Å². The molecule has 3 nitrogen and oxygen atoms in total. The molecule has 1 heterocycles. The lowest BCUT2D eigenvalue weighted by Gasteiger charge is -2.01. The van der Waals surface area contributed by atoms with Gasteiger partial charge in [-0.2, -0.15) is 0 Å². The topological polar surface area (TPSA) is 53.1 Å². The van der Waals surface area contributed by atoms with Crippen LogP contribution >= 0.6 is 15.9 Å². The van der Waals surface area contributed by atoms with Gasteiger partial charge in [-0.25, -0.2) is 9.18 Å². The van der Waals surface area contributed by atoms with Crippen LogP contribution in [0.4, 0.5) is 4.39 Å². The highest BCUT2D eigenvalue weighted by Gasteiger charge is 2.17. The molecule has 1 aromatic carbocycles. The molecule has 0 spiro atoms. The fourth-order valence-electron chi connectivity index (χ4n) is 1.36. The summed E-state index contributed by atoms with van der Waals surface area (Å²) >= 11 is 3.16. The lowest BCUT2D eigenvalue weighted by Crippen LogP contribution is -2.01. The first-order chi connectivity index (χ1) is 6.61. The number of hydrogen-bond acceptors (Lipinski definition) is 1. The van der Waals surface area contributed by atoms with Gasteiger partial charge in [0.05, 0.1) is 5.52 Å². The molecule has 0 aliphatic heterocycles. The molecule has 2 aromatic rings. The molecule has 5 heteroatoms. The predicted octanol–water partition coefficient (Wildman–Crippen LogP) is 2.77. The van der Waals surface area contributed by atoms with Crippen LogP contribution in [0.15, 0.2) is 22.8 Å². The third-order valence-corrected chi connectivity index (χ3v) is 2.62. The Labute approximate surface area is 86.7 Å². The van der Waals surface area contributed by atoms with Crippen LogP contribution in [0.1, 0.15) is 10.4 Å². The fourth-order valence-corrected chi connectivity index (χ4v) is 1.90. The number of carboxylic acid groups (broad SMARTS) is 1. The average Bonchev–Trinajstić information content (AvgIpc) is 2.51. The third kappa shape index (κ3) is 1.21. The molecule has 14 heavy (non-hydrogen) atoms. The Morgan fingerprint density at radius 3 is 2.93 bits per heavy atom. The number of carbonyl (C=O) groups is 1. The smallest absolute Gasteiger partial charge is 0.340 e. The average molecular weight is 258 g/mol. The maximum atomic E-state index is 13.3. The lowest BCUT2D eigenvalue weighted by molar-refractivity contribution is 0.0694. The van der Waals surface area contributed by atoms with Gasteiger partial charge in [0.25, 0.3) is 0 Å². The molecule has 1 aromatic heterocycles. The van der Waals surface area contributed by atoms with Gasteiger partial charge in [-0.05, 0) is 28.1 Å². The lowest BCUT2D eigenvalue weighted by atomic mass is 10.1. The van der Waals surface area contributed by atoms with Crippen molar-refractivity contribution < 1.29 is 14.3 Å². The molecule has 0 saturated carbocycles. The number of halogens is 2. The molecule has 0 saturated heterocycles. The van der Waals surface area contributed by atoms with Crippen molar-refractivity contribution in [2.45, 2.75) is 0 Å². The van der Waals surface area contributed by atoms with E-state index >= 15 is 0 Å². The van der Waals surface area contributed by atoms with E-state index in [1.165, 1.54) is 0 Å². The van der Waals surface area contributed by atoms with Crippen LogP contribution in [0, 0.1) is 5.82 Å². The van der Waals surface area contributed by atoms with E-state index in [1.54, 1.807) is 12.3 Å². The van der Waals surface area contributed by atoms with E-state index in [0.29, 0.717) is 15.4 Å². The van der Waals surface area contributed by atoms with Gasteiger partial charge in [-0.3, -0.25) is 0 Å². The second kappa shape index (κ2) is 3.09. The summed E-state index contributed by atoms with van der Waals surface area (Å²) in [4.78, 5) is 13.5. The quantitative estimate of drug-likeness (QED) is 0.826. The highest BCUT2D eigenvalue weighted by molar-refractivity contribution is 9.10. The van der Waals surface area contributed by atoms with Gasteiger partial charge < -0.3 is 10.1 Å². The van der Waals surface area contributed by atoms with Gasteiger partial charge >= 0.3 is 5.97 Å². The predicted molar refractivity (Wildman–Crippen MR) is 52.9 cm³/mol. The highest BCUT2D eigenvalue weighted by Crippen LogP contribution is 2.28. The normalized spacial score (nSPS) is 10.7. The Kier molecular flexibility index (Phi) is 2.03. The molecular formula is C9H5BrFNO2. The summed E-state index contributed by atoms with van der Waals surface area (Å²) < 4.78 is 13.8. The van der Waals surface area contributed by atoms with Crippen LogP contribution < -0.4 is 0 Å². The zero-order valence-corrected chi connectivity index (χ0v) is 8.43. The molecular weight excluding hydrogens is 253 g/mol. The van der Waals surface area contributed by atoms with Crippen LogP contribution in [-0.2, 0) is 0 Å². The summed E-state index contributed by atoms with van der Waals surface area (Å²) in [6.45, 7) is 0. The Morgan fingerprint density at radius 2 is 2.29 bits per heavy atom. The standard InChI is InChI=1S/C9H5BrFNO2/c10-5-3-6(11)7(9(13)14)8-4(5)1-2-12-8/h1-3,12H,(H,13,14). The summed E-state index contributed by atoms with van der Waals surface area (Å²) in [6.07, 6.45) is 1.57. The molecule has 0 unspecified atom stereocenters. The fraction of sp³-hybridized carbons (Fsp3) is 0. The van der Waals surface area contributed by atoms with Crippen molar-refractivity contribution in [2.75, 3.05) is 0 Å². The number of rotatable bonds is 1. The number of H-pyrrole nitrogens is 1. The summed E-state index contributed by atoms with van der Waals surface area (Å²) in [5.74, 6) is -2.03. The molecule has 0 aliphatic carbocycles. The van der Waals surface area contributed by atoms with Crippen LogP contribution in [-0.4, -0.2) is 16.1 Å². The first kappa shape index (κ1) is 9.21. The first-order valence-corrected chi connectivity index (χ1v) is 4.59. The molecule has 0 bridgehead atoms. The van der Waals surface area contributed by atoms with Gasteiger partial charge in [0, 0.05) is 16.1 Å². The van der Waals surface area contributed by atoms with Crippen molar-refractivity contribution in [2.24, 2.45) is 0 Å². The molecule has 72 valence electrons. The van der Waals surface area contributed by atoms with Crippen LogP contribution in [0.25, 0.3) is 10.9 Å². The van der Waals surface area contributed by atoms with Crippen molar-refractivity contribution in [1.29, 1.82) is 0 Å². The van der Waals surface area contributed by atoms with Gasteiger partial charge in [-0.15, -0.1) is 0 Å². The van der Waals surface area contributed by atoms with Crippen molar-refractivity contribution in [3.63, 3.8) is 0 Å². The van der Waals surface area contributed by atoms with Crippen molar-refractivity contribution in [3.05, 3.63) is 34.2 Å². The first-order valence-electron chi connectivity index (χ1n) is 3.79. The second-order valence-corrected chi connectivity index (χ2v) is 3.64. The van der Waals surface area contributed by atoms with Gasteiger partial charge in [-0.1, -0.05) is 0 Å². The van der Waals surface area contributed by atoms with Crippen molar-refractivity contribution in [1.82, 2.24) is 4.98 Å². The Balaban J connectivity index is 2.93. The monoisotopic (exact) mass is 257 g/mol. The Morgan fingerprint density at radius 1 is 1.57 bits per heavy atom. The van der Waals surface area contributed by atoms with E-state index in [1.807, 2.05) is 0 Å². The van der Waals surface area contributed by atoms with Crippen LogP contribution in [0.3, 0.4) is 0 Å². The molecule has 2 rings (SSSR count). The van der Waals surface area contributed by atoms with Gasteiger partial charge in [0.1, 0.15) is 11.4 Å². The Bertz CT molecular complexity index is 521. The number of carboxylic acids is 1. The van der Waals surface area contributed by atoms with E-state index in [9.17, 15) is 9.18 Å². The summed E-state index contributed by atoms with van der Waals surface area (Å²) in [5.41, 5.74) is -0.0300. The maximum Gasteiger partial charge on any atom is 0.340 e. The molecule has 0 aliphatic rings. The van der Waals surface area contributed by atoms with Gasteiger partial charge in [0.2, 0.25) is 0 Å². The maximum absolute atomic E-state index is 13.3. The zero-order valence-electron chi connectivity index (χ0n) is 6.84. The number of aromatic nitrogens is 1. The van der Waals surface area contributed by atoms with Crippen LogP contribution in [0.5, 0.6) is 0 Å². The minimum Gasteiger partial charge on any atom is -0.478 e. The minimum absolute atomic E-state index is 0.296. The number of fused-ring (bicyclic) bond motifs is 1. The molecule has 2 N–H and O–H groups in total. The number of aromatic carboxylic acids is 1. The molecule has 0 radical (unpaired) electrons. The van der Waals surface area contributed by atoms with Crippen molar-refractivity contribution in [3.8, 4) is 0 Å². The van der Waals surface area contributed by atoms with E-state index in [-0.39, 0.29) is 5.56 Å². The van der Waals surface area contributed by atoms with Gasteiger partial charge in [0.15, 0.2) is 0 Å². The van der Waals surface area contributed by atoms with Crippen LogP contribution in [0.2, 0.25) is 0 Å². The molecule has 0 atom stereocenters. The minimum atomic E-state index is -1.28. The third-order valence-electron chi connectivity index (χ3n) is 1.96. The second-order valence-electron chi connectivity index (χ2n) is 2.79. The Hall–Kier alpha value is -1.36. The molecule has 0 amide bonds.